The van der Waals surface area contributed by atoms with Gasteiger partial charge in [0.1, 0.15) is 0 Å². The maximum absolute atomic E-state index is 12.6. The standard InChI is InChI=1S/C16H17N7O2/c24-15(12-8-4-5-9-23-14(12)19-21-22-23)17-10-13-18-16(25-20-13)11-6-2-1-3-7-11/h1-3,6-7,12H,4-5,8-10H2,(H,17,24)/t12-/m1/s1. The van der Waals surface area contributed by atoms with Gasteiger partial charge in [0.2, 0.25) is 5.91 Å². The van der Waals surface area contributed by atoms with Gasteiger partial charge < -0.3 is 9.84 Å². The van der Waals surface area contributed by atoms with Gasteiger partial charge in [-0.05, 0) is 35.4 Å². The number of carbonyl (C=O) groups excluding carboxylic acids is 1. The van der Waals surface area contributed by atoms with E-state index in [4.69, 9.17) is 4.52 Å². The number of aromatic nitrogens is 6. The third kappa shape index (κ3) is 3.25. The van der Waals surface area contributed by atoms with Gasteiger partial charge in [-0.3, -0.25) is 4.79 Å². The van der Waals surface area contributed by atoms with Crippen LogP contribution in [0.2, 0.25) is 0 Å². The Labute approximate surface area is 143 Å². The molecule has 25 heavy (non-hydrogen) atoms. The summed E-state index contributed by atoms with van der Waals surface area (Å²) in [5, 5.41) is 18.4. The quantitative estimate of drug-likeness (QED) is 0.762. The van der Waals surface area contributed by atoms with Crippen molar-refractivity contribution in [3.8, 4) is 11.5 Å². The van der Waals surface area contributed by atoms with Crippen molar-refractivity contribution >= 4 is 5.91 Å². The van der Waals surface area contributed by atoms with Crippen LogP contribution in [0.3, 0.4) is 0 Å². The molecule has 1 atom stereocenters. The zero-order valence-corrected chi connectivity index (χ0v) is 13.5. The molecule has 3 aromatic rings. The molecule has 128 valence electrons. The lowest BCUT2D eigenvalue weighted by Gasteiger charge is -2.12. The van der Waals surface area contributed by atoms with Crippen molar-refractivity contribution in [1.29, 1.82) is 0 Å². The Bertz CT molecular complexity index is 858. The topological polar surface area (TPSA) is 112 Å². The highest BCUT2D eigenvalue weighted by Crippen LogP contribution is 2.24. The largest absolute Gasteiger partial charge is 0.348 e. The van der Waals surface area contributed by atoms with Gasteiger partial charge in [-0.25, -0.2) is 4.68 Å². The minimum absolute atomic E-state index is 0.121. The molecule has 0 radical (unpaired) electrons. The SMILES string of the molecule is O=C(NCc1noc(-c2ccccc2)n1)[C@@H]1CCCCn2nnnc21. The summed E-state index contributed by atoms with van der Waals surface area (Å²) in [6.07, 6.45) is 2.64. The molecule has 0 saturated carbocycles. The minimum Gasteiger partial charge on any atom is -0.348 e. The van der Waals surface area contributed by atoms with E-state index in [2.05, 4.69) is 31.0 Å². The molecule has 1 aliphatic rings. The van der Waals surface area contributed by atoms with Crippen molar-refractivity contribution in [3.05, 3.63) is 42.0 Å². The number of carbonyl (C=O) groups is 1. The summed E-state index contributed by atoms with van der Waals surface area (Å²) >= 11 is 0. The first-order valence-corrected chi connectivity index (χ1v) is 8.23. The van der Waals surface area contributed by atoms with E-state index in [1.807, 2.05) is 30.3 Å². The van der Waals surface area contributed by atoms with Crippen molar-refractivity contribution in [2.24, 2.45) is 0 Å². The van der Waals surface area contributed by atoms with E-state index in [1.54, 1.807) is 4.68 Å². The maximum atomic E-state index is 12.6. The first-order valence-electron chi connectivity index (χ1n) is 8.23. The first-order chi connectivity index (χ1) is 12.3. The van der Waals surface area contributed by atoms with Crippen LogP contribution in [0.25, 0.3) is 11.5 Å². The molecule has 0 unspecified atom stereocenters. The Morgan fingerprint density at radius 3 is 3.04 bits per heavy atom. The molecule has 3 heterocycles. The Morgan fingerprint density at radius 2 is 2.16 bits per heavy atom. The van der Waals surface area contributed by atoms with Crippen molar-refractivity contribution in [2.75, 3.05) is 0 Å². The molecular formula is C16H17N7O2. The number of hydrogen-bond acceptors (Lipinski definition) is 7. The summed E-state index contributed by atoms with van der Waals surface area (Å²) in [6.45, 7) is 0.949. The average molecular weight is 339 g/mol. The number of aryl methyl sites for hydroxylation is 1. The molecule has 1 aromatic carbocycles. The monoisotopic (exact) mass is 339 g/mol. The third-order valence-corrected chi connectivity index (χ3v) is 4.21. The highest BCUT2D eigenvalue weighted by Gasteiger charge is 2.28. The number of hydrogen-bond donors (Lipinski definition) is 1. The summed E-state index contributed by atoms with van der Waals surface area (Å²) in [6, 6.07) is 9.50. The lowest BCUT2D eigenvalue weighted by molar-refractivity contribution is -0.123. The van der Waals surface area contributed by atoms with E-state index in [0.29, 0.717) is 17.5 Å². The van der Waals surface area contributed by atoms with Crippen molar-refractivity contribution in [2.45, 2.75) is 38.3 Å². The average Bonchev–Trinajstić information content (AvgIpc) is 3.26. The predicted octanol–water partition coefficient (Wildman–Crippen LogP) is 1.31. The molecule has 9 heteroatoms. The number of nitrogens with one attached hydrogen (secondary N) is 1. The third-order valence-electron chi connectivity index (χ3n) is 4.21. The summed E-state index contributed by atoms with van der Waals surface area (Å²) in [5.74, 6) is 1.01. The minimum atomic E-state index is -0.349. The van der Waals surface area contributed by atoms with E-state index in [9.17, 15) is 4.79 Å². The number of amides is 1. The number of benzene rings is 1. The molecule has 1 aliphatic heterocycles. The fourth-order valence-electron chi connectivity index (χ4n) is 2.92. The van der Waals surface area contributed by atoms with E-state index in [1.165, 1.54) is 0 Å². The highest BCUT2D eigenvalue weighted by atomic mass is 16.5. The van der Waals surface area contributed by atoms with E-state index in [0.717, 1.165) is 31.4 Å². The molecule has 2 aromatic heterocycles. The first kappa shape index (κ1) is 15.4. The smallest absolute Gasteiger partial charge is 0.257 e. The molecule has 1 N–H and O–H groups in total. The van der Waals surface area contributed by atoms with Crippen LogP contribution < -0.4 is 5.32 Å². The molecule has 0 aliphatic carbocycles. The number of fused-ring (bicyclic) bond motifs is 1. The second kappa shape index (κ2) is 6.80. The zero-order chi connectivity index (χ0) is 17.1. The van der Waals surface area contributed by atoms with Crippen LogP contribution in [0.1, 0.15) is 36.8 Å². The lowest BCUT2D eigenvalue weighted by atomic mass is 10.0. The van der Waals surface area contributed by atoms with Gasteiger partial charge in [-0.15, -0.1) is 5.10 Å². The molecule has 1 amide bonds. The molecule has 4 rings (SSSR count). The zero-order valence-electron chi connectivity index (χ0n) is 13.5. The van der Waals surface area contributed by atoms with E-state index >= 15 is 0 Å². The second-order valence-electron chi connectivity index (χ2n) is 5.91. The van der Waals surface area contributed by atoms with Crippen LogP contribution in [0, 0.1) is 0 Å². The fourth-order valence-corrected chi connectivity index (χ4v) is 2.92. The molecular weight excluding hydrogens is 322 g/mol. The summed E-state index contributed by atoms with van der Waals surface area (Å²) < 4.78 is 6.95. The van der Waals surface area contributed by atoms with Gasteiger partial charge in [0.05, 0.1) is 12.5 Å². The summed E-state index contributed by atoms with van der Waals surface area (Å²) in [5.41, 5.74) is 0.843. The number of rotatable bonds is 4. The second-order valence-corrected chi connectivity index (χ2v) is 5.91. The fraction of sp³-hybridized carbons (Fsp3) is 0.375. The molecule has 0 saturated heterocycles. The van der Waals surface area contributed by atoms with Gasteiger partial charge in [-0.2, -0.15) is 4.98 Å². The van der Waals surface area contributed by atoms with Gasteiger partial charge in [-0.1, -0.05) is 29.8 Å². The maximum Gasteiger partial charge on any atom is 0.257 e. The normalized spacial score (nSPS) is 16.9. The van der Waals surface area contributed by atoms with E-state index in [-0.39, 0.29) is 18.4 Å². The van der Waals surface area contributed by atoms with Crippen LogP contribution >= 0.6 is 0 Å². The Balaban J connectivity index is 1.42. The van der Waals surface area contributed by atoms with Crippen molar-refractivity contribution < 1.29 is 9.32 Å². The number of nitrogens with zero attached hydrogens (tertiary/aromatic N) is 6. The van der Waals surface area contributed by atoms with Gasteiger partial charge >= 0.3 is 0 Å². The Morgan fingerprint density at radius 1 is 1.28 bits per heavy atom. The van der Waals surface area contributed by atoms with E-state index < -0.39 is 0 Å². The predicted molar refractivity (Wildman–Crippen MR) is 86.0 cm³/mol. The molecule has 0 bridgehead atoms. The van der Waals surface area contributed by atoms with Gasteiger partial charge in [0.25, 0.3) is 5.89 Å². The van der Waals surface area contributed by atoms with Crippen molar-refractivity contribution in [3.63, 3.8) is 0 Å². The summed E-state index contributed by atoms with van der Waals surface area (Å²) in [4.78, 5) is 16.9. The lowest BCUT2D eigenvalue weighted by Crippen LogP contribution is -2.30. The van der Waals surface area contributed by atoms with Gasteiger partial charge in [0.15, 0.2) is 11.6 Å². The van der Waals surface area contributed by atoms with Crippen LogP contribution in [0.5, 0.6) is 0 Å². The van der Waals surface area contributed by atoms with Crippen LogP contribution in [-0.2, 0) is 17.9 Å². The Hall–Kier alpha value is -3.10. The highest BCUT2D eigenvalue weighted by molar-refractivity contribution is 5.82. The van der Waals surface area contributed by atoms with Gasteiger partial charge in [0, 0.05) is 12.1 Å². The van der Waals surface area contributed by atoms with Crippen LogP contribution in [0.15, 0.2) is 34.9 Å². The van der Waals surface area contributed by atoms with Crippen LogP contribution in [0.4, 0.5) is 0 Å². The summed E-state index contributed by atoms with van der Waals surface area (Å²) in [7, 11) is 0. The van der Waals surface area contributed by atoms with Crippen molar-refractivity contribution in [1.82, 2.24) is 35.7 Å². The Kier molecular flexibility index (Phi) is 4.19. The molecule has 0 fully saturated rings. The molecule has 0 spiro atoms. The molecule has 9 nitrogen and oxygen atoms in total. The van der Waals surface area contributed by atoms with Crippen LogP contribution in [-0.4, -0.2) is 36.3 Å². The number of tetrazole rings is 1.